The van der Waals surface area contributed by atoms with Crippen LogP contribution in [0.2, 0.25) is 0 Å². The maximum atomic E-state index is 10.8. The van der Waals surface area contributed by atoms with Crippen LogP contribution in [0.4, 0.5) is 0 Å². The van der Waals surface area contributed by atoms with Gasteiger partial charge in [-0.25, -0.2) is 0 Å². The molecule has 0 saturated carbocycles. The molecule has 0 heterocycles. The van der Waals surface area contributed by atoms with Crippen LogP contribution in [0.15, 0.2) is 37.5 Å². The predicted molar refractivity (Wildman–Crippen MR) is 50.5 cm³/mol. The molecule has 0 radical (unpaired) electrons. The number of Topliss-reactive ketones (excluding diaryl/α,β-unsaturated/α-hetero) is 1. The maximum absolute atomic E-state index is 10.8. The van der Waals surface area contributed by atoms with Gasteiger partial charge in [0.1, 0.15) is 0 Å². The number of rotatable bonds is 3. The summed E-state index contributed by atoms with van der Waals surface area (Å²) in [5, 5.41) is 0. The largest absolute Gasteiger partial charge is 0.295 e. The minimum atomic E-state index is 0.190. The van der Waals surface area contributed by atoms with E-state index >= 15 is 0 Å². The molecule has 11 heavy (non-hydrogen) atoms. The van der Waals surface area contributed by atoms with E-state index in [1.165, 1.54) is 0 Å². The number of carbonyl (C=O) groups is 1. The molecule has 0 aromatic carbocycles. The van der Waals surface area contributed by atoms with E-state index in [0.717, 1.165) is 5.57 Å². The topological polar surface area (TPSA) is 17.1 Å². The summed E-state index contributed by atoms with van der Waals surface area (Å²) >= 11 is 0. The Morgan fingerprint density at radius 2 is 1.91 bits per heavy atom. The van der Waals surface area contributed by atoms with Crippen LogP contribution in [0.1, 0.15) is 20.3 Å². The van der Waals surface area contributed by atoms with Gasteiger partial charge in [0.2, 0.25) is 0 Å². The molecule has 0 fully saturated rings. The van der Waals surface area contributed by atoms with E-state index in [4.69, 9.17) is 0 Å². The van der Waals surface area contributed by atoms with Gasteiger partial charge in [-0.3, -0.25) is 4.79 Å². The van der Waals surface area contributed by atoms with Crippen molar-refractivity contribution in [3.05, 3.63) is 37.5 Å². The Kier molecular flexibility index (Phi) is 10.1. The van der Waals surface area contributed by atoms with Crippen molar-refractivity contribution < 1.29 is 4.79 Å². The molecular formula is C10H16O. The second-order valence-corrected chi connectivity index (χ2v) is 1.86. The third-order valence-electron chi connectivity index (χ3n) is 1.13. The Bertz CT molecular complexity index is 154. The van der Waals surface area contributed by atoms with Gasteiger partial charge in [0.15, 0.2) is 5.78 Å². The first-order valence-electron chi connectivity index (χ1n) is 3.55. The van der Waals surface area contributed by atoms with Crippen molar-refractivity contribution in [1.29, 1.82) is 0 Å². The lowest BCUT2D eigenvalue weighted by Crippen LogP contribution is -1.94. The van der Waals surface area contributed by atoms with Crippen LogP contribution in [0, 0.1) is 0 Å². The maximum Gasteiger partial charge on any atom is 0.158 e. The molecular weight excluding hydrogens is 136 g/mol. The summed E-state index contributed by atoms with van der Waals surface area (Å²) in [4.78, 5) is 10.8. The summed E-state index contributed by atoms with van der Waals surface area (Å²) in [7, 11) is 0. The van der Waals surface area contributed by atoms with Gasteiger partial charge >= 0.3 is 0 Å². The molecule has 0 saturated heterocycles. The molecule has 0 aliphatic rings. The predicted octanol–water partition coefficient (Wildman–Crippen LogP) is 2.90. The fourth-order valence-corrected chi connectivity index (χ4v) is 0.549. The highest BCUT2D eigenvalue weighted by atomic mass is 16.1. The zero-order chi connectivity index (χ0) is 9.28. The van der Waals surface area contributed by atoms with E-state index in [0.29, 0.717) is 6.42 Å². The Hall–Kier alpha value is -1.11. The number of ketones is 1. The van der Waals surface area contributed by atoms with Crippen molar-refractivity contribution in [3.8, 4) is 0 Å². The van der Waals surface area contributed by atoms with Gasteiger partial charge in [-0.2, -0.15) is 0 Å². The Labute approximate surface area is 69.1 Å². The summed E-state index contributed by atoms with van der Waals surface area (Å²) in [6, 6.07) is 0. The quantitative estimate of drug-likeness (QED) is 0.345. The van der Waals surface area contributed by atoms with Gasteiger partial charge in [0, 0.05) is 6.42 Å². The molecule has 0 aliphatic heterocycles. The molecule has 1 heteroatoms. The Morgan fingerprint density at radius 1 is 1.45 bits per heavy atom. The van der Waals surface area contributed by atoms with Crippen LogP contribution in [0.25, 0.3) is 0 Å². The molecule has 0 spiro atoms. The van der Waals surface area contributed by atoms with Crippen molar-refractivity contribution in [2.24, 2.45) is 0 Å². The molecule has 0 amide bonds. The van der Waals surface area contributed by atoms with Gasteiger partial charge in [0.05, 0.1) is 0 Å². The van der Waals surface area contributed by atoms with Gasteiger partial charge < -0.3 is 0 Å². The summed E-state index contributed by atoms with van der Waals surface area (Å²) in [5.74, 6) is 0.190. The molecule has 0 bridgehead atoms. The van der Waals surface area contributed by atoms with Gasteiger partial charge in [-0.15, -0.1) is 13.2 Å². The first kappa shape index (κ1) is 12.6. The molecule has 62 valence electrons. The molecule has 0 unspecified atom stereocenters. The highest BCUT2D eigenvalue weighted by molar-refractivity contribution is 5.94. The second kappa shape index (κ2) is 8.89. The van der Waals surface area contributed by atoms with Gasteiger partial charge in [-0.1, -0.05) is 25.7 Å². The third-order valence-corrected chi connectivity index (χ3v) is 1.13. The minimum Gasteiger partial charge on any atom is -0.295 e. The number of hydrogen-bond acceptors (Lipinski definition) is 1. The first-order valence-corrected chi connectivity index (χ1v) is 3.55. The SMILES string of the molecule is C=C.C=C/C=C(\C)C(=O)CC. The van der Waals surface area contributed by atoms with Crippen molar-refractivity contribution in [2.45, 2.75) is 20.3 Å². The number of hydrogen-bond donors (Lipinski definition) is 0. The van der Waals surface area contributed by atoms with Crippen molar-refractivity contribution >= 4 is 5.78 Å². The normalized spacial score (nSPS) is 9.45. The Balaban J connectivity index is 0. The summed E-state index contributed by atoms with van der Waals surface area (Å²) in [6.07, 6.45) is 3.94. The van der Waals surface area contributed by atoms with E-state index in [1.54, 1.807) is 19.1 Å². The molecule has 0 aromatic heterocycles. The van der Waals surface area contributed by atoms with Crippen molar-refractivity contribution in [2.75, 3.05) is 0 Å². The number of carbonyl (C=O) groups excluding carboxylic acids is 1. The highest BCUT2D eigenvalue weighted by Gasteiger charge is 1.96. The lowest BCUT2D eigenvalue weighted by atomic mass is 10.1. The molecule has 0 aromatic rings. The fraction of sp³-hybridized carbons (Fsp3) is 0.300. The minimum absolute atomic E-state index is 0.190. The zero-order valence-electron chi connectivity index (χ0n) is 7.39. The van der Waals surface area contributed by atoms with Crippen LogP contribution in [-0.4, -0.2) is 5.78 Å². The van der Waals surface area contributed by atoms with Crippen molar-refractivity contribution in [1.82, 2.24) is 0 Å². The van der Waals surface area contributed by atoms with Crippen LogP contribution in [-0.2, 0) is 4.79 Å². The standard InChI is InChI=1S/C8H12O.C2H4/c1-4-6-7(3)8(9)5-2;1-2/h4,6H,1,5H2,2-3H3;1-2H2/b7-6+;. The van der Waals surface area contributed by atoms with Gasteiger partial charge in [0.25, 0.3) is 0 Å². The van der Waals surface area contributed by atoms with Crippen molar-refractivity contribution in [3.63, 3.8) is 0 Å². The summed E-state index contributed by atoms with van der Waals surface area (Å²) < 4.78 is 0. The molecule has 0 aliphatic carbocycles. The Morgan fingerprint density at radius 3 is 2.18 bits per heavy atom. The summed E-state index contributed by atoms with van der Waals surface area (Å²) in [5.41, 5.74) is 0.785. The number of allylic oxidation sites excluding steroid dienone is 3. The van der Waals surface area contributed by atoms with E-state index in [-0.39, 0.29) is 5.78 Å². The second-order valence-electron chi connectivity index (χ2n) is 1.86. The van der Waals surface area contributed by atoms with Crippen LogP contribution in [0.5, 0.6) is 0 Å². The molecule has 0 rings (SSSR count). The lowest BCUT2D eigenvalue weighted by molar-refractivity contribution is -0.115. The van der Waals surface area contributed by atoms with Crippen LogP contribution < -0.4 is 0 Å². The third kappa shape index (κ3) is 6.78. The van der Waals surface area contributed by atoms with Gasteiger partial charge in [-0.05, 0) is 12.5 Å². The highest BCUT2D eigenvalue weighted by Crippen LogP contribution is 1.97. The average Bonchev–Trinajstić information content (AvgIpc) is 2.07. The lowest BCUT2D eigenvalue weighted by Gasteiger charge is -1.91. The van der Waals surface area contributed by atoms with Crippen LogP contribution in [0.3, 0.4) is 0 Å². The first-order chi connectivity index (χ1) is 5.22. The van der Waals surface area contributed by atoms with Crippen LogP contribution >= 0.6 is 0 Å². The fourth-order valence-electron chi connectivity index (χ4n) is 0.549. The van der Waals surface area contributed by atoms with E-state index in [1.807, 2.05) is 6.92 Å². The van der Waals surface area contributed by atoms with E-state index in [2.05, 4.69) is 19.7 Å². The van der Waals surface area contributed by atoms with E-state index < -0.39 is 0 Å². The molecule has 0 atom stereocenters. The smallest absolute Gasteiger partial charge is 0.158 e. The molecule has 0 N–H and O–H groups in total. The van der Waals surface area contributed by atoms with E-state index in [9.17, 15) is 4.79 Å². The zero-order valence-corrected chi connectivity index (χ0v) is 7.39. The average molecular weight is 152 g/mol. The monoisotopic (exact) mass is 152 g/mol. The molecule has 1 nitrogen and oxygen atoms in total. The summed E-state index contributed by atoms with van der Waals surface area (Å²) in [6.45, 7) is 13.1.